The van der Waals surface area contributed by atoms with Crippen LogP contribution in [0.3, 0.4) is 0 Å². The standard InChI is InChI=1S/C13H21BO4/c1-3-9(14)10-5-4-6-11-12(7-8(2)16-10)18-13(15)17-11/h8-12H,3-7H2,1-2H3/t8-,9-,10-,11+,12-/m0/s1. The van der Waals surface area contributed by atoms with E-state index in [1.807, 2.05) is 6.92 Å². The van der Waals surface area contributed by atoms with E-state index in [2.05, 4.69) is 6.92 Å². The molecule has 2 radical (unpaired) electrons. The molecule has 0 aliphatic carbocycles. The molecule has 0 aromatic carbocycles. The largest absolute Gasteiger partial charge is 0.509 e. The van der Waals surface area contributed by atoms with Gasteiger partial charge in [-0.25, -0.2) is 4.79 Å². The van der Waals surface area contributed by atoms with Crippen molar-refractivity contribution in [3.05, 3.63) is 0 Å². The third-order valence-corrected chi connectivity index (χ3v) is 3.81. The Bertz CT molecular complexity index is 297. The van der Waals surface area contributed by atoms with Gasteiger partial charge in [0.2, 0.25) is 0 Å². The fourth-order valence-corrected chi connectivity index (χ4v) is 2.72. The van der Waals surface area contributed by atoms with Gasteiger partial charge >= 0.3 is 6.16 Å². The normalized spacial score (nSPS) is 38.7. The Hall–Kier alpha value is -0.705. The molecule has 0 unspecified atom stereocenters. The number of hydrogen-bond donors (Lipinski definition) is 0. The Balaban J connectivity index is 1.99. The van der Waals surface area contributed by atoms with Gasteiger partial charge in [-0.05, 0) is 26.2 Å². The molecule has 0 aromatic heterocycles. The molecule has 0 aromatic rings. The zero-order valence-electron chi connectivity index (χ0n) is 11.1. The minimum absolute atomic E-state index is 0.0349. The van der Waals surface area contributed by atoms with E-state index in [0.717, 1.165) is 25.7 Å². The lowest BCUT2D eigenvalue weighted by Crippen LogP contribution is -2.29. The first-order valence-electron chi connectivity index (χ1n) is 6.88. The van der Waals surface area contributed by atoms with E-state index in [-0.39, 0.29) is 30.2 Å². The highest BCUT2D eigenvalue weighted by molar-refractivity contribution is 6.12. The lowest BCUT2D eigenvalue weighted by atomic mass is 9.78. The van der Waals surface area contributed by atoms with Crippen LogP contribution >= 0.6 is 0 Å². The predicted molar refractivity (Wildman–Crippen MR) is 67.7 cm³/mol. The summed E-state index contributed by atoms with van der Waals surface area (Å²) < 4.78 is 16.4. The molecule has 5 heteroatoms. The van der Waals surface area contributed by atoms with Gasteiger partial charge in [-0.3, -0.25) is 0 Å². The Morgan fingerprint density at radius 2 is 2.06 bits per heavy atom. The summed E-state index contributed by atoms with van der Waals surface area (Å²) in [6, 6.07) is 0. The molecule has 2 aliphatic rings. The monoisotopic (exact) mass is 252 g/mol. The van der Waals surface area contributed by atoms with E-state index in [9.17, 15) is 4.79 Å². The van der Waals surface area contributed by atoms with Gasteiger partial charge in [0.05, 0.1) is 20.1 Å². The lowest BCUT2D eigenvalue weighted by molar-refractivity contribution is -0.0276. The molecule has 2 fully saturated rings. The summed E-state index contributed by atoms with van der Waals surface area (Å²) in [6.45, 7) is 4.08. The van der Waals surface area contributed by atoms with Crippen LogP contribution in [0.15, 0.2) is 0 Å². The molecular weight excluding hydrogens is 231 g/mol. The molecule has 2 saturated heterocycles. The summed E-state index contributed by atoms with van der Waals surface area (Å²) in [5, 5.41) is 0. The summed E-state index contributed by atoms with van der Waals surface area (Å²) in [5.41, 5.74) is 0. The van der Waals surface area contributed by atoms with E-state index >= 15 is 0 Å². The van der Waals surface area contributed by atoms with Crippen LogP contribution < -0.4 is 0 Å². The molecule has 2 heterocycles. The zero-order chi connectivity index (χ0) is 13.1. The second-order valence-electron chi connectivity index (χ2n) is 5.29. The van der Waals surface area contributed by atoms with Crippen molar-refractivity contribution in [1.82, 2.24) is 0 Å². The average Bonchev–Trinajstić information content (AvgIpc) is 2.68. The fraction of sp³-hybridized carbons (Fsp3) is 0.923. The molecule has 100 valence electrons. The molecule has 0 spiro atoms. The molecule has 0 amide bonds. The minimum Gasteiger partial charge on any atom is -0.427 e. The predicted octanol–water partition coefficient (Wildman–Crippen LogP) is 2.61. The van der Waals surface area contributed by atoms with E-state index in [4.69, 9.17) is 22.1 Å². The number of rotatable bonds is 2. The van der Waals surface area contributed by atoms with Gasteiger partial charge in [0.25, 0.3) is 0 Å². The van der Waals surface area contributed by atoms with Crippen LogP contribution in [0.5, 0.6) is 0 Å². The minimum atomic E-state index is -0.542. The van der Waals surface area contributed by atoms with E-state index in [1.54, 1.807) is 0 Å². The molecule has 2 aliphatic heterocycles. The first-order chi connectivity index (χ1) is 8.60. The summed E-state index contributed by atoms with van der Waals surface area (Å²) in [6.07, 6.45) is 3.61. The highest BCUT2D eigenvalue weighted by Crippen LogP contribution is 2.30. The highest BCUT2D eigenvalue weighted by atomic mass is 16.8. The fourth-order valence-electron chi connectivity index (χ4n) is 2.72. The summed E-state index contributed by atoms with van der Waals surface area (Å²) in [7, 11) is 6.08. The van der Waals surface area contributed by atoms with Crippen molar-refractivity contribution < 1.29 is 19.0 Å². The van der Waals surface area contributed by atoms with Gasteiger partial charge in [-0.15, -0.1) is 0 Å². The van der Waals surface area contributed by atoms with Crippen LogP contribution in [0.1, 0.15) is 46.0 Å². The van der Waals surface area contributed by atoms with Gasteiger partial charge in [-0.2, -0.15) is 0 Å². The molecule has 0 N–H and O–H groups in total. The number of carbonyl (C=O) groups excluding carboxylic acids is 1. The molecule has 18 heavy (non-hydrogen) atoms. The quantitative estimate of drug-likeness (QED) is 0.559. The maximum Gasteiger partial charge on any atom is 0.509 e. The third kappa shape index (κ3) is 3.19. The molecule has 5 atom stereocenters. The number of ether oxygens (including phenoxy) is 3. The van der Waals surface area contributed by atoms with Crippen molar-refractivity contribution >= 4 is 14.0 Å². The van der Waals surface area contributed by atoms with Crippen LogP contribution in [-0.4, -0.2) is 38.4 Å². The van der Waals surface area contributed by atoms with Crippen LogP contribution in [0.4, 0.5) is 4.79 Å². The maximum atomic E-state index is 11.1. The van der Waals surface area contributed by atoms with Gasteiger partial charge in [0.15, 0.2) is 0 Å². The van der Waals surface area contributed by atoms with Crippen LogP contribution in [0.2, 0.25) is 5.82 Å². The van der Waals surface area contributed by atoms with Gasteiger partial charge in [-0.1, -0.05) is 19.2 Å². The van der Waals surface area contributed by atoms with Gasteiger partial charge in [0.1, 0.15) is 12.2 Å². The van der Waals surface area contributed by atoms with E-state index < -0.39 is 6.16 Å². The van der Waals surface area contributed by atoms with Gasteiger partial charge < -0.3 is 14.2 Å². The first-order valence-corrected chi connectivity index (χ1v) is 6.88. The summed E-state index contributed by atoms with van der Waals surface area (Å²) in [4.78, 5) is 11.1. The second kappa shape index (κ2) is 5.96. The van der Waals surface area contributed by atoms with E-state index in [1.165, 1.54) is 0 Å². The van der Waals surface area contributed by atoms with Crippen molar-refractivity contribution in [1.29, 1.82) is 0 Å². The van der Waals surface area contributed by atoms with Crippen LogP contribution in [0, 0.1) is 0 Å². The molecule has 0 saturated carbocycles. The Morgan fingerprint density at radius 1 is 1.33 bits per heavy atom. The van der Waals surface area contributed by atoms with Crippen molar-refractivity contribution in [2.75, 3.05) is 0 Å². The maximum absolute atomic E-state index is 11.1. The number of fused-ring (bicyclic) bond motifs is 1. The average molecular weight is 252 g/mol. The molecule has 4 nitrogen and oxygen atoms in total. The zero-order valence-corrected chi connectivity index (χ0v) is 11.1. The molecular formula is C13H21BO4. The van der Waals surface area contributed by atoms with Crippen molar-refractivity contribution in [2.24, 2.45) is 0 Å². The second-order valence-corrected chi connectivity index (χ2v) is 5.29. The van der Waals surface area contributed by atoms with Crippen molar-refractivity contribution in [3.8, 4) is 0 Å². The number of hydrogen-bond acceptors (Lipinski definition) is 4. The van der Waals surface area contributed by atoms with Crippen molar-refractivity contribution in [3.63, 3.8) is 0 Å². The molecule has 2 rings (SSSR count). The highest BCUT2D eigenvalue weighted by Gasteiger charge is 2.38. The van der Waals surface area contributed by atoms with Crippen LogP contribution in [0.25, 0.3) is 0 Å². The topological polar surface area (TPSA) is 44.8 Å². The van der Waals surface area contributed by atoms with Crippen LogP contribution in [-0.2, 0) is 14.2 Å². The lowest BCUT2D eigenvalue weighted by Gasteiger charge is -2.27. The summed E-state index contributed by atoms with van der Waals surface area (Å²) >= 11 is 0. The summed E-state index contributed by atoms with van der Waals surface area (Å²) in [5.74, 6) is 0.0776. The first kappa shape index (κ1) is 13.7. The SMILES string of the molecule is [B][C@@H](CC)[C@@H]1CCC[C@H]2OC(=O)O[C@H]2C[C@H](C)O1. The van der Waals surface area contributed by atoms with E-state index in [0.29, 0.717) is 6.42 Å². The number of carbonyl (C=O) groups is 1. The Morgan fingerprint density at radius 3 is 2.78 bits per heavy atom. The van der Waals surface area contributed by atoms with Gasteiger partial charge in [0, 0.05) is 6.42 Å². The molecule has 0 bridgehead atoms. The smallest absolute Gasteiger partial charge is 0.427 e. The third-order valence-electron chi connectivity index (χ3n) is 3.81. The Labute approximate surface area is 110 Å². The van der Waals surface area contributed by atoms with Crippen molar-refractivity contribution in [2.45, 2.75) is 76.2 Å². The Kier molecular flexibility index (Phi) is 4.54.